The lowest BCUT2D eigenvalue weighted by atomic mass is 9.77. The van der Waals surface area contributed by atoms with Gasteiger partial charge in [0.25, 0.3) is 5.91 Å². The molecular weight excluding hydrogens is 554 g/mol. The zero-order valence-electron chi connectivity index (χ0n) is 20.1. The summed E-state index contributed by atoms with van der Waals surface area (Å²) in [4.78, 5) is 37.4. The number of carbonyl (C=O) groups excluding carboxylic acids is 2. The van der Waals surface area contributed by atoms with Crippen LogP contribution >= 0.6 is 0 Å². The summed E-state index contributed by atoms with van der Waals surface area (Å²) in [5.74, 6) is -14.1. The van der Waals surface area contributed by atoms with Gasteiger partial charge in [0.1, 0.15) is 28.6 Å². The standard InChI is InChI=1S/C28H13F4NO8/c29-21-19(20(26(37)38)22(30)24(32)23(21)31)25(36)33-10-1-4-14-13(7-10)27(39)41-28(14)15-5-2-11(34)8-17(15)40-18-9-12(35)3-6-16(18)28/h1-9,34-35H,(H,33,36)(H,37,38). The van der Waals surface area contributed by atoms with Crippen molar-refractivity contribution in [3.8, 4) is 23.0 Å². The summed E-state index contributed by atoms with van der Waals surface area (Å²) in [6.45, 7) is 0. The number of esters is 1. The van der Waals surface area contributed by atoms with Crippen LogP contribution in [0.3, 0.4) is 0 Å². The zero-order valence-corrected chi connectivity index (χ0v) is 20.1. The van der Waals surface area contributed by atoms with Crippen molar-refractivity contribution < 1.29 is 56.7 Å². The Labute approximate surface area is 225 Å². The summed E-state index contributed by atoms with van der Waals surface area (Å²) >= 11 is 0. The van der Waals surface area contributed by atoms with E-state index in [2.05, 4.69) is 5.32 Å². The number of phenolic OH excluding ortho intramolecular Hbond substituents is 2. The van der Waals surface area contributed by atoms with Crippen LogP contribution in [-0.2, 0) is 10.3 Å². The highest BCUT2D eigenvalue weighted by molar-refractivity contribution is 6.11. The fourth-order valence-electron chi connectivity index (χ4n) is 5.02. The summed E-state index contributed by atoms with van der Waals surface area (Å²) in [6, 6.07) is 11.9. The topological polar surface area (TPSA) is 142 Å². The molecule has 0 aromatic heterocycles. The van der Waals surface area contributed by atoms with Crippen molar-refractivity contribution in [2.75, 3.05) is 5.32 Å². The van der Waals surface area contributed by atoms with E-state index in [4.69, 9.17) is 9.47 Å². The molecule has 1 spiro atoms. The number of hydrogen-bond donors (Lipinski definition) is 4. The van der Waals surface area contributed by atoms with Crippen molar-refractivity contribution in [2.24, 2.45) is 0 Å². The average molecular weight is 567 g/mol. The van der Waals surface area contributed by atoms with E-state index in [-0.39, 0.29) is 39.8 Å². The first kappa shape index (κ1) is 25.7. The van der Waals surface area contributed by atoms with Gasteiger partial charge in [-0.25, -0.2) is 27.2 Å². The number of ether oxygens (including phenoxy) is 2. The number of halogens is 4. The fraction of sp³-hybridized carbons (Fsp3) is 0.0357. The molecule has 206 valence electrons. The first-order valence-electron chi connectivity index (χ1n) is 11.6. The van der Waals surface area contributed by atoms with E-state index in [1.165, 1.54) is 48.5 Å². The van der Waals surface area contributed by atoms with Crippen LogP contribution in [0.4, 0.5) is 23.2 Å². The summed E-state index contributed by atoms with van der Waals surface area (Å²) in [5, 5.41) is 31.3. The third-order valence-corrected chi connectivity index (χ3v) is 6.74. The second-order valence-corrected chi connectivity index (χ2v) is 9.06. The number of aromatic hydroxyl groups is 2. The van der Waals surface area contributed by atoms with Gasteiger partial charge in [0.15, 0.2) is 28.9 Å². The molecule has 6 rings (SSSR count). The number of benzene rings is 4. The Bertz CT molecular complexity index is 1820. The van der Waals surface area contributed by atoms with Gasteiger partial charge in [-0.05, 0) is 36.4 Å². The van der Waals surface area contributed by atoms with Crippen molar-refractivity contribution in [3.63, 3.8) is 0 Å². The van der Waals surface area contributed by atoms with Gasteiger partial charge in [0.2, 0.25) is 0 Å². The lowest BCUT2D eigenvalue weighted by Gasteiger charge is -2.36. The molecule has 4 aromatic rings. The lowest BCUT2D eigenvalue weighted by Crippen LogP contribution is -2.32. The Balaban J connectivity index is 1.47. The Kier molecular flexibility index (Phi) is 5.45. The highest BCUT2D eigenvalue weighted by Gasteiger charge is 2.53. The Morgan fingerprint density at radius 2 is 1.27 bits per heavy atom. The van der Waals surface area contributed by atoms with E-state index in [0.29, 0.717) is 11.1 Å². The van der Waals surface area contributed by atoms with Gasteiger partial charge in [0, 0.05) is 34.5 Å². The van der Waals surface area contributed by atoms with Crippen LogP contribution in [-0.4, -0.2) is 33.2 Å². The second-order valence-electron chi connectivity index (χ2n) is 9.06. The van der Waals surface area contributed by atoms with Crippen LogP contribution in [0.2, 0.25) is 0 Å². The van der Waals surface area contributed by atoms with Crippen LogP contribution in [0.25, 0.3) is 0 Å². The normalized spacial score (nSPS) is 14.0. The number of carboxylic acid groups (broad SMARTS) is 1. The fourth-order valence-corrected chi connectivity index (χ4v) is 5.02. The smallest absolute Gasteiger partial charge is 0.340 e. The number of carbonyl (C=O) groups is 3. The Hall–Kier alpha value is -5.59. The molecular formula is C28H13F4NO8. The molecule has 13 heteroatoms. The predicted molar refractivity (Wildman–Crippen MR) is 129 cm³/mol. The molecule has 2 aliphatic rings. The van der Waals surface area contributed by atoms with Crippen molar-refractivity contribution in [1.82, 2.24) is 0 Å². The van der Waals surface area contributed by atoms with Gasteiger partial charge < -0.3 is 30.1 Å². The molecule has 0 atom stereocenters. The molecule has 0 bridgehead atoms. The molecule has 0 unspecified atom stereocenters. The molecule has 2 aliphatic heterocycles. The van der Waals surface area contributed by atoms with Gasteiger partial charge in [-0.2, -0.15) is 0 Å². The molecule has 0 aliphatic carbocycles. The molecule has 4 aromatic carbocycles. The number of carboxylic acids is 1. The number of phenols is 2. The first-order valence-corrected chi connectivity index (χ1v) is 11.6. The van der Waals surface area contributed by atoms with Gasteiger partial charge in [-0.1, -0.05) is 6.07 Å². The Morgan fingerprint density at radius 3 is 1.83 bits per heavy atom. The quantitative estimate of drug-likeness (QED) is 0.115. The third-order valence-electron chi connectivity index (χ3n) is 6.74. The molecule has 4 N–H and O–H groups in total. The number of amides is 1. The number of aromatic carboxylic acids is 1. The van der Waals surface area contributed by atoms with E-state index < -0.39 is 57.8 Å². The molecule has 0 saturated heterocycles. The first-order chi connectivity index (χ1) is 19.4. The summed E-state index contributed by atoms with van der Waals surface area (Å²) in [6.07, 6.45) is 0. The number of fused-ring (bicyclic) bond motifs is 6. The third kappa shape index (κ3) is 3.58. The largest absolute Gasteiger partial charge is 0.508 e. The van der Waals surface area contributed by atoms with Crippen LogP contribution < -0.4 is 10.1 Å². The molecule has 9 nitrogen and oxygen atoms in total. The van der Waals surface area contributed by atoms with Gasteiger partial charge in [-0.3, -0.25) is 4.79 Å². The molecule has 41 heavy (non-hydrogen) atoms. The minimum atomic E-state index is -2.40. The van der Waals surface area contributed by atoms with Gasteiger partial charge in [0.05, 0.1) is 11.1 Å². The SMILES string of the molecule is O=C1OC2(c3ccc(O)cc3Oc3cc(O)ccc32)c2ccc(NC(=O)c3c(F)c(F)c(F)c(F)c3C(=O)O)cc21. The van der Waals surface area contributed by atoms with Crippen LogP contribution in [0.15, 0.2) is 54.6 Å². The van der Waals surface area contributed by atoms with Crippen molar-refractivity contribution in [1.29, 1.82) is 0 Å². The van der Waals surface area contributed by atoms with Crippen LogP contribution in [0.5, 0.6) is 23.0 Å². The minimum absolute atomic E-state index is 0.109. The lowest BCUT2D eigenvalue weighted by molar-refractivity contribution is 0.0224. The summed E-state index contributed by atoms with van der Waals surface area (Å²) in [5.41, 5.74) is -4.44. The summed E-state index contributed by atoms with van der Waals surface area (Å²) < 4.78 is 67.8. The van der Waals surface area contributed by atoms with Crippen molar-refractivity contribution in [2.45, 2.75) is 5.60 Å². The van der Waals surface area contributed by atoms with Crippen LogP contribution in [0, 0.1) is 23.3 Å². The van der Waals surface area contributed by atoms with Gasteiger partial charge in [-0.15, -0.1) is 0 Å². The maximum Gasteiger partial charge on any atom is 0.340 e. The monoisotopic (exact) mass is 567 g/mol. The maximum atomic E-state index is 14.4. The number of anilines is 1. The molecule has 0 saturated carbocycles. The second kappa shape index (κ2) is 8.71. The highest BCUT2D eigenvalue weighted by Crippen LogP contribution is 2.57. The minimum Gasteiger partial charge on any atom is -0.508 e. The van der Waals surface area contributed by atoms with E-state index in [9.17, 15) is 47.3 Å². The molecule has 0 fully saturated rings. The average Bonchev–Trinajstić information content (AvgIpc) is 3.20. The maximum absolute atomic E-state index is 14.4. The number of hydrogen-bond acceptors (Lipinski definition) is 7. The number of nitrogens with one attached hydrogen (secondary N) is 1. The van der Waals surface area contributed by atoms with E-state index in [1.807, 2.05) is 0 Å². The number of rotatable bonds is 3. The highest BCUT2D eigenvalue weighted by atomic mass is 19.2. The van der Waals surface area contributed by atoms with Crippen molar-refractivity contribution >= 4 is 23.5 Å². The van der Waals surface area contributed by atoms with Gasteiger partial charge >= 0.3 is 11.9 Å². The van der Waals surface area contributed by atoms with E-state index in [1.54, 1.807) is 0 Å². The Morgan fingerprint density at radius 1 is 0.732 bits per heavy atom. The summed E-state index contributed by atoms with van der Waals surface area (Å²) in [7, 11) is 0. The van der Waals surface area contributed by atoms with E-state index in [0.717, 1.165) is 6.07 Å². The van der Waals surface area contributed by atoms with E-state index >= 15 is 0 Å². The molecule has 1 amide bonds. The molecule has 2 heterocycles. The van der Waals surface area contributed by atoms with Crippen LogP contribution in [0.1, 0.15) is 47.8 Å². The molecule has 0 radical (unpaired) electrons. The van der Waals surface area contributed by atoms with Crippen molar-refractivity contribution in [3.05, 3.63) is 111 Å². The predicted octanol–water partition coefficient (Wildman–Crippen LogP) is 5.17. The zero-order chi connectivity index (χ0) is 29.4.